The monoisotopic (exact) mass is 555 g/mol. The average molecular weight is 556 g/mol. The molecule has 1 aromatic carbocycles. The van der Waals surface area contributed by atoms with Gasteiger partial charge in [0.2, 0.25) is 0 Å². The zero-order chi connectivity index (χ0) is 28.6. The highest BCUT2D eigenvalue weighted by molar-refractivity contribution is 5.92. The van der Waals surface area contributed by atoms with Crippen molar-refractivity contribution in [3.05, 3.63) is 78.2 Å². The second-order valence-corrected chi connectivity index (χ2v) is 10.2. The summed E-state index contributed by atoms with van der Waals surface area (Å²) in [6.45, 7) is 5.00. The van der Waals surface area contributed by atoms with Crippen LogP contribution in [0.5, 0.6) is 0 Å². The lowest BCUT2D eigenvalue weighted by molar-refractivity contribution is 0.0944. The maximum atomic E-state index is 14.1. The molecule has 9 nitrogen and oxygen atoms in total. The van der Waals surface area contributed by atoms with Crippen LogP contribution in [0.2, 0.25) is 0 Å². The molecule has 0 bridgehead atoms. The molecule has 5 rings (SSSR count). The molecule has 0 fully saturated rings. The molecule has 208 valence electrons. The number of carbonyl (C=O) groups excluding carboxylic acids is 1. The molecule has 1 amide bonds. The number of rotatable bonds is 8. The maximum Gasteiger partial charge on any atom is 0.273 e. The van der Waals surface area contributed by atoms with Crippen LogP contribution in [-0.4, -0.2) is 41.7 Å². The molecule has 5 aromatic rings. The van der Waals surface area contributed by atoms with Gasteiger partial charge in [-0.2, -0.15) is 10.2 Å². The van der Waals surface area contributed by atoms with E-state index in [0.717, 1.165) is 4.68 Å². The smallest absolute Gasteiger partial charge is 0.273 e. The molecule has 0 saturated carbocycles. The first-order chi connectivity index (χ1) is 19.0. The predicted octanol–water partition coefficient (Wildman–Crippen LogP) is 5.68. The number of benzene rings is 1. The Kier molecular flexibility index (Phi) is 7.13. The Bertz CT molecular complexity index is 1670. The van der Waals surface area contributed by atoms with Gasteiger partial charge in [0.05, 0.1) is 17.4 Å². The van der Waals surface area contributed by atoms with Crippen molar-refractivity contribution in [1.82, 2.24) is 34.7 Å². The SMILES string of the molecule is CC(C)(C)c1nc(C(=O)NCc2ccc(-c3ncnn4cc(-c5cnn(CC(F)F)c5)cc34)cc2C(F)F)co1. The standard InChI is InChI=1S/C27H25F4N7O2/c1-27(2,3)26-36-20(13-40-26)25(39)32-8-16-5-4-15(6-19(16)24(30)31)23-21-7-17(11-38(21)35-14-33-23)18-9-34-37(10-18)12-22(28)29/h4-7,9-11,13-14,22,24H,8,12H2,1-3H3,(H,32,39). The lowest BCUT2D eigenvalue weighted by Crippen LogP contribution is -2.24. The van der Waals surface area contributed by atoms with Gasteiger partial charge in [0.25, 0.3) is 18.8 Å². The van der Waals surface area contributed by atoms with Crippen molar-refractivity contribution in [2.24, 2.45) is 0 Å². The van der Waals surface area contributed by atoms with Crippen molar-refractivity contribution < 1.29 is 26.8 Å². The van der Waals surface area contributed by atoms with Crippen LogP contribution in [0.1, 0.15) is 54.7 Å². The zero-order valence-electron chi connectivity index (χ0n) is 21.8. The molecule has 40 heavy (non-hydrogen) atoms. The quantitative estimate of drug-likeness (QED) is 0.247. The van der Waals surface area contributed by atoms with Crippen molar-refractivity contribution >= 4 is 11.4 Å². The number of nitrogens with one attached hydrogen (secondary N) is 1. The van der Waals surface area contributed by atoms with Crippen LogP contribution < -0.4 is 5.32 Å². The Balaban J connectivity index is 1.40. The number of nitrogens with zero attached hydrogens (tertiary/aromatic N) is 6. The predicted molar refractivity (Wildman–Crippen MR) is 137 cm³/mol. The third kappa shape index (κ3) is 5.58. The summed E-state index contributed by atoms with van der Waals surface area (Å²) < 4.78 is 61.6. The lowest BCUT2D eigenvalue weighted by atomic mass is 9.97. The van der Waals surface area contributed by atoms with Gasteiger partial charge in [-0.3, -0.25) is 9.48 Å². The van der Waals surface area contributed by atoms with Crippen LogP contribution in [0.15, 0.2) is 59.9 Å². The largest absolute Gasteiger partial charge is 0.448 e. The summed E-state index contributed by atoms with van der Waals surface area (Å²) in [6.07, 6.45) is 1.82. The molecule has 0 aliphatic heterocycles. The van der Waals surface area contributed by atoms with Gasteiger partial charge >= 0.3 is 0 Å². The van der Waals surface area contributed by atoms with Crippen molar-refractivity contribution in [3.8, 4) is 22.4 Å². The Labute approximate surface area is 225 Å². The maximum absolute atomic E-state index is 14.1. The zero-order valence-corrected chi connectivity index (χ0v) is 21.8. The summed E-state index contributed by atoms with van der Waals surface area (Å²) in [7, 11) is 0. The van der Waals surface area contributed by atoms with Crippen molar-refractivity contribution in [2.45, 2.75) is 52.1 Å². The van der Waals surface area contributed by atoms with E-state index in [4.69, 9.17) is 4.42 Å². The third-order valence-electron chi connectivity index (χ3n) is 6.17. The molecule has 0 aliphatic carbocycles. The van der Waals surface area contributed by atoms with Crippen LogP contribution in [0, 0.1) is 0 Å². The van der Waals surface area contributed by atoms with E-state index >= 15 is 0 Å². The molecule has 4 aromatic heterocycles. The van der Waals surface area contributed by atoms with E-state index in [0.29, 0.717) is 33.8 Å². The molecule has 1 N–H and O–H groups in total. The van der Waals surface area contributed by atoms with Crippen LogP contribution in [0.25, 0.3) is 27.9 Å². The van der Waals surface area contributed by atoms with Crippen LogP contribution in [0.4, 0.5) is 17.6 Å². The number of fused-ring (bicyclic) bond motifs is 1. The van der Waals surface area contributed by atoms with Crippen molar-refractivity contribution in [1.29, 1.82) is 0 Å². The van der Waals surface area contributed by atoms with E-state index in [-0.39, 0.29) is 28.8 Å². The summed E-state index contributed by atoms with van der Waals surface area (Å²) in [6, 6.07) is 6.21. The average Bonchev–Trinajstić information content (AvgIpc) is 3.65. The fraction of sp³-hybridized carbons (Fsp3) is 0.296. The minimum absolute atomic E-state index is 0.0623. The molecule has 0 atom stereocenters. The van der Waals surface area contributed by atoms with Gasteiger partial charge in [-0.25, -0.2) is 32.0 Å². The molecule has 0 saturated heterocycles. The van der Waals surface area contributed by atoms with Gasteiger partial charge in [0.15, 0.2) is 11.6 Å². The number of oxazole rings is 1. The number of amides is 1. The molecule has 0 spiro atoms. The molecular formula is C27H25F4N7O2. The van der Waals surface area contributed by atoms with E-state index < -0.39 is 25.3 Å². The second-order valence-electron chi connectivity index (χ2n) is 10.2. The van der Waals surface area contributed by atoms with Gasteiger partial charge in [-0.05, 0) is 17.7 Å². The number of alkyl halides is 4. The number of hydrogen-bond acceptors (Lipinski definition) is 6. The van der Waals surface area contributed by atoms with Crippen LogP contribution in [-0.2, 0) is 18.5 Å². The Hall–Kier alpha value is -4.55. The Morgan fingerprint density at radius 1 is 1.05 bits per heavy atom. The first-order valence-electron chi connectivity index (χ1n) is 12.3. The van der Waals surface area contributed by atoms with Crippen LogP contribution >= 0.6 is 0 Å². The van der Waals surface area contributed by atoms with Crippen molar-refractivity contribution in [3.63, 3.8) is 0 Å². The summed E-state index contributed by atoms with van der Waals surface area (Å²) >= 11 is 0. The molecule has 0 aliphatic rings. The summed E-state index contributed by atoms with van der Waals surface area (Å²) in [5, 5.41) is 10.8. The molecule has 0 radical (unpaired) electrons. The van der Waals surface area contributed by atoms with Gasteiger partial charge in [-0.1, -0.05) is 32.9 Å². The Morgan fingerprint density at radius 3 is 2.55 bits per heavy atom. The normalized spacial score (nSPS) is 12.1. The molecular weight excluding hydrogens is 530 g/mol. The number of hydrogen-bond donors (Lipinski definition) is 1. The van der Waals surface area contributed by atoms with Gasteiger partial charge < -0.3 is 9.73 Å². The van der Waals surface area contributed by atoms with E-state index in [1.165, 1.54) is 41.6 Å². The highest BCUT2D eigenvalue weighted by atomic mass is 19.3. The van der Waals surface area contributed by atoms with E-state index in [1.54, 1.807) is 18.3 Å². The molecule has 4 heterocycles. The number of carbonyl (C=O) groups is 1. The minimum Gasteiger partial charge on any atom is -0.448 e. The number of aromatic nitrogens is 6. The van der Waals surface area contributed by atoms with Gasteiger partial charge in [0, 0.05) is 46.6 Å². The fourth-order valence-electron chi connectivity index (χ4n) is 4.16. The minimum atomic E-state index is -2.81. The van der Waals surface area contributed by atoms with Gasteiger partial charge in [0.1, 0.15) is 19.1 Å². The number of halogens is 4. The summed E-state index contributed by atoms with van der Waals surface area (Å²) in [5.41, 5.74) is 2.24. The van der Waals surface area contributed by atoms with Gasteiger partial charge in [-0.15, -0.1) is 0 Å². The van der Waals surface area contributed by atoms with E-state index in [9.17, 15) is 22.4 Å². The summed E-state index contributed by atoms with van der Waals surface area (Å²) in [4.78, 5) is 21.1. The van der Waals surface area contributed by atoms with E-state index in [2.05, 4.69) is 25.5 Å². The summed E-state index contributed by atoms with van der Waals surface area (Å²) in [5.74, 6) is -0.152. The second kappa shape index (κ2) is 10.5. The lowest BCUT2D eigenvalue weighted by Gasteiger charge is -2.13. The first kappa shape index (κ1) is 27.0. The van der Waals surface area contributed by atoms with E-state index in [1.807, 2.05) is 20.8 Å². The highest BCUT2D eigenvalue weighted by Crippen LogP contribution is 2.32. The fourth-order valence-corrected chi connectivity index (χ4v) is 4.16. The van der Waals surface area contributed by atoms with Crippen LogP contribution in [0.3, 0.4) is 0 Å². The van der Waals surface area contributed by atoms with Crippen molar-refractivity contribution in [2.75, 3.05) is 0 Å². The molecule has 13 heteroatoms. The Morgan fingerprint density at radius 2 is 1.85 bits per heavy atom. The molecule has 0 unspecified atom stereocenters. The first-order valence-corrected chi connectivity index (χ1v) is 12.3. The third-order valence-corrected chi connectivity index (χ3v) is 6.17. The topological polar surface area (TPSA) is 103 Å². The highest BCUT2D eigenvalue weighted by Gasteiger charge is 2.23.